The molecule has 0 aliphatic carbocycles. The van der Waals surface area contributed by atoms with Gasteiger partial charge in [-0.25, -0.2) is 0 Å². The molecular formula is C22H26N2O3. The van der Waals surface area contributed by atoms with Crippen molar-refractivity contribution in [3.63, 3.8) is 0 Å². The van der Waals surface area contributed by atoms with E-state index in [1.807, 2.05) is 0 Å². The lowest BCUT2D eigenvalue weighted by atomic mass is 9.95. The number of nitrogens with zero attached hydrogens (tertiary/aromatic N) is 1. The Balaban J connectivity index is 1.41. The van der Waals surface area contributed by atoms with Crippen LogP contribution in [0, 0.1) is 5.92 Å². The van der Waals surface area contributed by atoms with Gasteiger partial charge in [0.1, 0.15) is 0 Å². The lowest BCUT2D eigenvalue weighted by molar-refractivity contribution is 0.0903. The second-order valence-electron chi connectivity index (χ2n) is 7.58. The molecular weight excluding hydrogens is 340 g/mol. The Labute approximate surface area is 160 Å². The first kappa shape index (κ1) is 17.9. The largest absolute Gasteiger partial charge is 0.454 e. The minimum atomic E-state index is -0.0728. The van der Waals surface area contributed by atoms with Crippen LogP contribution in [-0.4, -0.2) is 36.7 Å². The molecule has 0 radical (unpaired) electrons. The van der Waals surface area contributed by atoms with Gasteiger partial charge in [0.2, 0.25) is 6.79 Å². The van der Waals surface area contributed by atoms with Crippen molar-refractivity contribution in [2.45, 2.75) is 32.9 Å². The van der Waals surface area contributed by atoms with Crippen LogP contribution in [0.5, 0.6) is 11.5 Å². The van der Waals surface area contributed by atoms with Crippen LogP contribution in [0.3, 0.4) is 0 Å². The third kappa shape index (κ3) is 3.78. The summed E-state index contributed by atoms with van der Waals surface area (Å²) < 4.78 is 10.7. The quantitative estimate of drug-likeness (QED) is 0.883. The average molecular weight is 366 g/mol. The van der Waals surface area contributed by atoms with E-state index >= 15 is 0 Å². The molecule has 27 heavy (non-hydrogen) atoms. The van der Waals surface area contributed by atoms with Crippen molar-refractivity contribution in [2.24, 2.45) is 5.92 Å². The van der Waals surface area contributed by atoms with Gasteiger partial charge in [-0.1, -0.05) is 38.1 Å². The zero-order chi connectivity index (χ0) is 18.8. The van der Waals surface area contributed by atoms with Gasteiger partial charge in [-0.3, -0.25) is 9.69 Å². The summed E-state index contributed by atoms with van der Waals surface area (Å²) in [5.74, 6) is 1.71. The predicted octanol–water partition coefficient (Wildman–Crippen LogP) is 3.23. The molecule has 0 saturated carbocycles. The molecule has 2 aliphatic rings. The highest BCUT2D eigenvalue weighted by molar-refractivity contribution is 5.94. The topological polar surface area (TPSA) is 50.8 Å². The van der Waals surface area contributed by atoms with Crippen molar-refractivity contribution in [3.05, 3.63) is 59.2 Å². The maximum atomic E-state index is 12.6. The van der Waals surface area contributed by atoms with Gasteiger partial charge in [0, 0.05) is 31.2 Å². The van der Waals surface area contributed by atoms with Gasteiger partial charge in [0.15, 0.2) is 11.5 Å². The van der Waals surface area contributed by atoms with Crippen LogP contribution in [0.1, 0.15) is 35.3 Å². The van der Waals surface area contributed by atoms with E-state index in [0.29, 0.717) is 35.6 Å². The Morgan fingerprint density at radius 2 is 1.89 bits per heavy atom. The summed E-state index contributed by atoms with van der Waals surface area (Å²) in [4.78, 5) is 15.1. The molecule has 2 aliphatic heterocycles. The normalized spacial score (nSPS) is 16.9. The molecule has 1 amide bonds. The number of fused-ring (bicyclic) bond motifs is 2. The summed E-state index contributed by atoms with van der Waals surface area (Å²) in [6.45, 7) is 7.26. The molecule has 4 rings (SSSR count). The standard InChI is InChI=1S/C22H26N2O3/c1-15(2)19(24-10-9-16-5-3-4-6-18(16)13-24)12-23-22(25)17-7-8-20-21(11-17)27-14-26-20/h3-8,11,15,19H,9-10,12-14H2,1-2H3,(H,23,25). The van der Waals surface area contributed by atoms with Crippen molar-refractivity contribution >= 4 is 5.91 Å². The summed E-state index contributed by atoms with van der Waals surface area (Å²) in [6, 6.07) is 14.3. The number of rotatable bonds is 5. The lowest BCUT2D eigenvalue weighted by Gasteiger charge is -2.38. The first-order valence-corrected chi connectivity index (χ1v) is 9.60. The molecule has 142 valence electrons. The van der Waals surface area contributed by atoms with Gasteiger partial charge in [-0.05, 0) is 41.7 Å². The summed E-state index contributed by atoms with van der Waals surface area (Å²) in [7, 11) is 0. The summed E-state index contributed by atoms with van der Waals surface area (Å²) in [6.07, 6.45) is 1.06. The molecule has 0 aromatic heterocycles. The van der Waals surface area contributed by atoms with Gasteiger partial charge in [-0.2, -0.15) is 0 Å². The molecule has 2 aromatic rings. The zero-order valence-electron chi connectivity index (χ0n) is 15.9. The van der Waals surface area contributed by atoms with Gasteiger partial charge in [-0.15, -0.1) is 0 Å². The number of ether oxygens (including phenoxy) is 2. The van der Waals surface area contributed by atoms with E-state index in [2.05, 4.69) is 48.3 Å². The van der Waals surface area contributed by atoms with E-state index in [-0.39, 0.29) is 12.7 Å². The van der Waals surface area contributed by atoms with E-state index in [0.717, 1.165) is 19.5 Å². The number of hydrogen-bond acceptors (Lipinski definition) is 4. The van der Waals surface area contributed by atoms with Crippen molar-refractivity contribution in [3.8, 4) is 11.5 Å². The minimum absolute atomic E-state index is 0.0728. The van der Waals surface area contributed by atoms with E-state index in [9.17, 15) is 4.79 Å². The average Bonchev–Trinajstić information content (AvgIpc) is 3.15. The fourth-order valence-corrected chi connectivity index (χ4v) is 3.92. The van der Waals surface area contributed by atoms with Crippen LogP contribution >= 0.6 is 0 Å². The van der Waals surface area contributed by atoms with Crippen LogP contribution in [0.4, 0.5) is 0 Å². The molecule has 1 unspecified atom stereocenters. The number of hydrogen-bond donors (Lipinski definition) is 1. The first-order valence-electron chi connectivity index (χ1n) is 9.60. The smallest absolute Gasteiger partial charge is 0.251 e. The van der Waals surface area contributed by atoms with Gasteiger partial charge in [0.05, 0.1) is 0 Å². The molecule has 1 atom stereocenters. The number of benzene rings is 2. The minimum Gasteiger partial charge on any atom is -0.454 e. The molecule has 0 spiro atoms. The van der Waals surface area contributed by atoms with Crippen molar-refractivity contribution in [1.82, 2.24) is 10.2 Å². The maximum Gasteiger partial charge on any atom is 0.251 e. The second-order valence-corrected chi connectivity index (χ2v) is 7.58. The molecule has 2 aromatic carbocycles. The van der Waals surface area contributed by atoms with E-state index < -0.39 is 0 Å². The third-order valence-corrected chi connectivity index (χ3v) is 5.51. The second kappa shape index (κ2) is 7.61. The number of nitrogens with one attached hydrogen (secondary N) is 1. The van der Waals surface area contributed by atoms with Gasteiger partial charge < -0.3 is 14.8 Å². The Kier molecular flexibility index (Phi) is 5.03. The highest BCUT2D eigenvalue weighted by Gasteiger charge is 2.26. The Morgan fingerprint density at radius 3 is 2.70 bits per heavy atom. The number of carbonyl (C=O) groups is 1. The molecule has 2 heterocycles. The Morgan fingerprint density at radius 1 is 1.11 bits per heavy atom. The highest BCUT2D eigenvalue weighted by atomic mass is 16.7. The summed E-state index contributed by atoms with van der Waals surface area (Å²) >= 11 is 0. The predicted molar refractivity (Wildman–Crippen MR) is 104 cm³/mol. The molecule has 0 saturated heterocycles. The van der Waals surface area contributed by atoms with Crippen molar-refractivity contribution in [2.75, 3.05) is 19.9 Å². The number of carbonyl (C=O) groups excluding carboxylic acids is 1. The molecule has 0 fully saturated rings. The summed E-state index contributed by atoms with van der Waals surface area (Å²) in [5.41, 5.74) is 3.45. The SMILES string of the molecule is CC(C)C(CNC(=O)c1ccc2c(c1)OCO2)N1CCc2ccccc2C1. The Bertz CT molecular complexity index is 834. The molecule has 0 bridgehead atoms. The fourth-order valence-electron chi connectivity index (χ4n) is 3.92. The van der Waals surface area contributed by atoms with E-state index in [1.165, 1.54) is 11.1 Å². The van der Waals surface area contributed by atoms with Crippen LogP contribution in [-0.2, 0) is 13.0 Å². The third-order valence-electron chi connectivity index (χ3n) is 5.51. The van der Waals surface area contributed by atoms with Crippen LogP contribution in [0.25, 0.3) is 0 Å². The summed E-state index contributed by atoms with van der Waals surface area (Å²) in [5, 5.41) is 3.12. The Hall–Kier alpha value is -2.53. The van der Waals surface area contributed by atoms with Crippen LogP contribution in [0.2, 0.25) is 0 Å². The highest BCUT2D eigenvalue weighted by Crippen LogP contribution is 2.32. The molecule has 5 heteroatoms. The van der Waals surface area contributed by atoms with Gasteiger partial charge >= 0.3 is 0 Å². The zero-order valence-corrected chi connectivity index (χ0v) is 15.9. The lowest BCUT2D eigenvalue weighted by Crippen LogP contribution is -2.48. The van der Waals surface area contributed by atoms with E-state index in [1.54, 1.807) is 18.2 Å². The van der Waals surface area contributed by atoms with Crippen LogP contribution < -0.4 is 14.8 Å². The van der Waals surface area contributed by atoms with Crippen molar-refractivity contribution < 1.29 is 14.3 Å². The van der Waals surface area contributed by atoms with Gasteiger partial charge in [0.25, 0.3) is 5.91 Å². The van der Waals surface area contributed by atoms with Crippen LogP contribution in [0.15, 0.2) is 42.5 Å². The monoisotopic (exact) mass is 366 g/mol. The molecule has 5 nitrogen and oxygen atoms in total. The maximum absolute atomic E-state index is 12.6. The molecule has 1 N–H and O–H groups in total. The van der Waals surface area contributed by atoms with Crippen molar-refractivity contribution in [1.29, 1.82) is 0 Å². The van der Waals surface area contributed by atoms with E-state index in [4.69, 9.17) is 9.47 Å². The fraction of sp³-hybridized carbons (Fsp3) is 0.409. The first-order chi connectivity index (χ1) is 13.1. The number of amides is 1.